The molecule has 0 rings (SSSR count). The Labute approximate surface area is 515 Å². The minimum atomic E-state index is -0.782. The summed E-state index contributed by atoms with van der Waals surface area (Å²) in [5, 5.41) is 0. The van der Waals surface area contributed by atoms with Gasteiger partial charge >= 0.3 is 17.9 Å². The third-order valence-electron chi connectivity index (χ3n) is 15.5. The van der Waals surface area contributed by atoms with Gasteiger partial charge in [-0.3, -0.25) is 14.4 Å². The first kappa shape index (κ1) is 79.3. The second-order valence-corrected chi connectivity index (χ2v) is 23.8. The van der Waals surface area contributed by atoms with Gasteiger partial charge in [0.25, 0.3) is 0 Å². The largest absolute Gasteiger partial charge is 0.462 e. The number of ether oxygens (including phenoxy) is 3. The molecule has 0 aromatic carbocycles. The number of allylic oxidation sites excluding steroid dienone is 16. The van der Waals surface area contributed by atoms with Gasteiger partial charge in [0.1, 0.15) is 13.2 Å². The monoisotopic (exact) mass is 1160 g/mol. The molecule has 0 aliphatic carbocycles. The Morgan fingerprint density at radius 3 is 0.783 bits per heavy atom. The Balaban J connectivity index is 4.16. The van der Waals surface area contributed by atoms with E-state index in [1.54, 1.807) is 0 Å². The predicted octanol–water partition coefficient (Wildman–Crippen LogP) is 24.8. The number of carbonyl (C=O) groups excluding carboxylic acids is 3. The van der Waals surface area contributed by atoms with Gasteiger partial charge in [-0.2, -0.15) is 0 Å². The van der Waals surface area contributed by atoms with E-state index in [0.29, 0.717) is 19.3 Å². The van der Waals surface area contributed by atoms with Crippen LogP contribution in [0.1, 0.15) is 355 Å². The molecule has 0 amide bonds. The molecule has 0 spiro atoms. The predicted molar refractivity (Wildman–Crippen MR) is 362 cm³/mol. The highest BCUT2D eigenvalue weighted by Crippen LogP contribution is 2.17. The highest BCUT2D eigenvalue weighted by Gasteiger charge is 2.19. The lowest BCUT2D eigenvalue weighted by Crippen LogP contribution is -2.30. The first-order valence-electron chi connectivity index (χ1n) is 35.7. The maximum Gasteiger partial charge on any atom is 0.306 e. The third kappa shape index (κ3) is 69.0. The van der Waals surface area contributed by atoms with Crippen LogP contribution in [0.5, 0.6) is 0 Å². The Morgan fingerprint density at radius 2 is 0.482 bits per heavy atom. The van der Waals surface area contributed by atoms with Gasteiger partial charge < -0.3 is 14.2 Å². The van der Waals surface area contributed by atoms with Crippen molar-refractivity contribution in [2.45, 2.75) is 361 Å². The number of carbonyl (C=O) groups is 3. The number of hydrogen-bond acceptors (Lipinski definition) is 6. The summed E-state index contributed by atoms with van der Waals surface area (Å²) in [6, 6.07) is 0. The minimum absolute atomic E-state index is 0.0782. The van der Waals surface area contributed by atoms with Gasteiger partial charge in [0.05, 0.1) is 0 Å². The normalized spacial score (nSPS) is 12.7. The fourth-order valence-electron chi connectivity index (χ4n) is 10.2. The van der Waals surface area contributed by atoms with Gasteiger partial charge in [0.15, 0.2) is 6.10 Å². The molecule has 0 bridgehead atoms. The molecular weight excluding hydrogens is 1020 g/mol. The van der Waals surface area contributed by atoms with Crippen LogP contribution in [0.15, 0.2) is 97.2 Å². The Morgan fingerprint density at radius 1 is 0.253 bits per heavy atom. The van der Waals surface area contributed by atoms with Gasteiger partial charge in [-0.1, -0.05) is 317 Å². The average molecular weight is 1160 g/mol. The molecule has 0 fully saturated rings. The van der Waals surface area contributed by atoms with E-state index in [0.717, 1.165) is 103 Å². The average Bonchev–Trinajstić information content (AvgIpc) is 3.48. The van der Waals surface area contributed by atoms with E-state index in [2.05, 4.69) is 118 Å². The first-order chi connectivity index (χ1) is 41.0. The maximum atomic E-state index is 12.9. The van der Waals surface area contributed by atoms with Crippen molar-refractivity contribution in [1.82, 2.24) is 0 Å². The van der Waals surface area contributed by atoms with Crippen LogP contribution >= 0.6 is 0 Å². The van der Waals surface area contributed by atoms with Crippen LogP contribution in [-0.4, -0.2) is 37.2 Å². The van der Waals surface area contributed by atoms with E-state index >= 15 is 0 Å². The Kier molecular flexibility index (Phi) is 67.7. The highest BCUT2D eigenvalue weighted by molar-refractivity contribution is 5.71. The first-order valence-corrected chi connectivity index (χ1v) is 35.7. The van der Waals surface area contributed by atoms with E-state index in [4.69, 9.17) is 14.2 Å². The fraction of sp³-hybridized carbons (Fsp3) is 0.753. The number of esters is 3. The molecule has 0 radical (unpaired) electrons. The zero-order chi connectivity index (χ0) is 59.9. The number of unbranched alkanes of at least 4 members (excludes halogenated alkanes) is 38. The lowest BCUT2D eigenvalue weighted by atomic mass is 10.0. The Bertz CT molecular complexity index is 1610. The molecule has 1 atom stereocenters. The molecule has 0 aliphatic rings. The molecule has 0 saturated carbocycles. The van der Waals surface area contributed by atoms with Gasteiger partial charge in [-0.05, 0) is 116 Å². The van der Waals surface area contributed by atoms with E-state index < -0.39 is 6.10 Å². The zero-order valence-corrected chi connectivity index (χ0v) is 54.9. The minimum Gasteiger partial charge on any atom is -0.462 e. The fourth-order valence-corrected chi connectivity index (χ4v) is 10.2. The Hall–Kier alpha value is -3.67. The topological polar surface area (TPSA) is 78.9 Å². The summed E-state index contributed by atoms with van der Waals surface area (Å²) in [6.07, 6.45) is 95.9. The molecule has 0 N–H and O–H groups in total. The van der Waals surface area contributed by atoms with Crippen molar-refractivity contribution in [1.29, 1.82) is 0 Å². The molecule has 6 heteroatoms. The van der Waals surface area contributed by atoms with Crippen LogP contribution in [0.25, 0.3) is 0 Å². The summed E-state index contributed by atoms with van der Waals surface area (Å²) in [7, 11) is 0. The second kappa shape index (κ2) is 70.8. The summed E-state index contributed by atoms with van der Waals surface area (Å²) in [5.74, 6) is -0.876. The molecule has 83 heavy (non-hydrogen) atoms. The lowest BCUT2D eigenvalue weighted by Gasteiger charge is -2.18. The standard InChI is InChI=1S/C77H134O6/c1-4-7-10-13-16-19-22-24-26-28-30-32-33-34-35-36-37-38-39-40-41-42-43-45-46-48-50-52-55-58-61-64-67-70-76(79)82-73-74(72-81-75(78)69-66-63-60-57-54-21-18-15-12-9-6-3)83-77(80)71-68-65-62-59-56-53-51-49-47-44-31-29-27-25-23-20-17-14-11-8-5-2/h7,10,15-16,18-19,23-26,29-32,34-35,74H,4-6,8-9,11-14,17,20-22,27-28,33,36-73H2,1-3H3/b10-7-,18-15-,19-16-,25-23-,26-24-,31-29-,32-30-,35-34-. The zero-order valence-electron chi connectivity index (χ0n) is 54.9. The summed E-state index contributed by atoms with van der Waals surface area (Å²) in [4.78, 5) is 38.4. The van der Waals surface area contributed by atoms with E-state index in [1.807, 2.05) is 0 Å². The van der Waals surface area contributed by atoms with Crippen molar-refractivity contribution < 1.29 is 28.6 Å². The van der Waals surface area contributed by atoms with Crippen molar-refractivity contribution in [3.63, 3.8) is 0 Å². The van der Waals surface area contributed by atoms with Gasteiger partial charge in [-0.15, -0.1) is 0 Å². The van der Waals surface area contributed by atoms with Crippen molar-refractivity contribution in [2.75, 3.05) is 13.2 Å². The molecule has 6 nitrogen and oxygen atoms in total. The molecule has 0 saturated heterocycles. The summed E-state index contributed by atoms with van der Waals surface area (Å²) in [5.41, 5.74) is 0. The molecule has 0 aromatic heterocycles. The third-order valence-corrected chi connectivity index (χ3v) is 15.5. The second-order valence-electron chi connectivity index (χ2n) is 23.8. The van der Waals surface area contributed by atoms with E-state index in [-0.39, 0.29) is 31.1 Å². The van der Waals surface area contributed by atoms with Crippen LogP contribution in [-0.2, 0) is 28.6 Å². The summed E-state index contributed by atoms with van der Waals surface area (Å²) < 4.78 is 17.0. The van der Waals surface area contributed by atoms with Crippen molar-refractivity contribution >= 4 is 17.9 Å². The van der Waals surface area contributed by atoms with Gasteiger partial charge in [0.2, 0.25) is 0 Å². The van der Waals surface area contributed by atoms with Crippen LogP contribution in [0, 0.1) is 0 Å². The van der Waals surface area contributed by atoms with Gasteiger partial charge in [0, 0.05) is 19.3 Å². The van der Waals surface area contributed by atoms with Crippen molar-refractivity contribution in [3.8, 4) is 0 Å². The lowest BCUT2D eigenvalue weighted by molar-refractivity contribution is -0.167. The number of rotatable bonds is 65. The molecule has 0 heterocycles. The molecule has 1 unspecified atom stereocenters. The maximum absolute atomic E-state index is 12.9. The number of hydrogen-bond donors (Lipinski definition) is 0. The summed E-state index contributed by atoms with van der Waals surface area (Å²) >= 11 is 0. The molecular formula is C77H134O6. The van der Waals surface area contributed by atoms with Gasteiger partial charge in [-0.25, -0.2) is 0 Å². The molecule has 478 valence electrons. The van der Waals surface area contributed by atoms with Crippen LogP contribution in [0.2, 0.25) is 0 Å². The smallest absolute Gasteiger partial charge is 0.306 e. The summed E-state index contributed by atoms with van der Waals surface area (Å²) in [6.45, 7) is 6.51. The van der Waals surface area contributed by atoms with E-state index in [9.17, 15) is 14.4 Å². The van der Waals surface area contributed by atoms with Crippen LogP contribution in [0.3, 0.4) is 0 Å². The molecule has 0 aromatic rings. The van der Waals surface area contributed by atoms with Crippen molar-refractivity contribution in [2.24, 2.45) is 0 Å². The SMILES string of the molecule is CC/C=C\C/C=C\C/C=C\C/C=C\C/C=C\CCCCCCCCCCCCCCCCCCCC(=O)OCC(COC(=O)CCCCCCC/C=C\CCCC)OC(=O)CCCCCCCCCCC/C=C\C/C=C\CCCCCCC. The van der Waals surface area contributed by atoms with E-state index in [1.165, 1.54) is 212 Å². The molecule has 0 aliphatic heterocycles. The van der Waals surface area contributed by atoms with Crippen LogP contribution < -0.4 is 0 Å². The van der Waals surface area contributed by atoms with Crippen LogP contribution in [0.4, 0.5) is 0 Å². The van der Waals surface area contributed by atoms with Crippen molar-refractivity contribution in [3.05, 3.63) is 97.2 Å². The highest BCUT2D eigenvalue weighted by atomic mass is 16.6. The quantitative estimate of drug-likeness (QED) is 0.0261.